The van der Waals surface area contributed by atoms with Crippen LogP contribution in [0.5, 0.6) is 5.88 Å². The lowest BCUT2D eigenvalue weighted by Crippen LogP contribution is -1.95. The summed E-state index contributed by atoms with van der Waals surface area (Å²) in [7, 11) is 0. The summed E-state index contributed by atoms with van der Waals surface area (Å²) in [5.74, 6) is 0.506. The number of aromatic amines is 2. The molecular formula is C6H10N2O2. The molecule has 0 bridgehead atoms. The molecule has 56 valence electrons. The van der Waals surface area contributed by atoms with Gasteiger partial charge < -0.3 is 4.74 Å². The summed E-state index contributed by atoms with van der Waals surface area (Å²) in [6, 6.07) is 1.38. The number of rotatable bonds is 3. The third-order valence-electron chi connectivity index (χ3n) is 1.03. The van der Waals surface area contributed by atoms with Crippen LogP contribution in [0.1, 0.15) is 13.3 Å². The maximum Gasteiger partial charge on any atom is 0.267 e. The molecule has 0 amide bonds. The summed E-state index contributed by atoms with van der Waals surface area (Å²) in [5, 5.41) is 4.95. The molecule has 1 heterocycles. The Balaban J connectivity index is 2.50. The molecule has 0 aliphatic rings. The Morgan fingerprint density at radius 2 is 2.40 bits per heavy atom. The van der Waals surface area contributed by atoms with Crippen molar-refractivity contribution in [2.24, 2.45) is 0 Å². The van der Waals surface area contributed by atoms with Gasteiger partial charge in [-0.15, -0.1) is 0 Å². The monoisotopic (exact) mass is 142 g/mol. The third-order valence-corrected chi connectivity index (χ3v) is 1.03. The lowest BCUT2D eigenvalue weighted by Gasteiger charge is -1.97. The zero-order chi connectivity index (χ0) is 7.40. The minimum atomic E-state index is -0.161. The Hall–Kier alpha value is -1.19. The molecule has 0 atom stereocenters. The molecule has 1 aromatic rings. The Morgan fingerprint density at radius 1 is 1.60 bits per heavy atom. The van der Waals surface area contributed by atoms with Crippen LogP contribution in [0.4, 0.5) is 0 Å². The van der Waals surface area contributed by atoms with E-state index in [1.54, 1.807) is 0 Å². The van der Waals surface area contributed by atoms with Gasteiger partial charge in [0.15, 0.2) is 0 Å². The molecule has 1 rings (SSSR count). The van der Waals surface area contributed by atoms with Crippen molar-refractivity contribution in [2.45, 2.75) is 13.3 Å². The highest BCUT2D eigenvalue weighted by molar-refractivity contribution is 5.04. The van der Waals surface area contributed by atoms with Gasteiger partial charge in [0.2, 0.25) is 5.88 Å². The fourth-order valence-electron chi connectivity index (χ4n) is 0.604. The molecule has 2 N–H and O–H groups in total. The molecule has 0 saturated heterocycles. The molecular weight excluding hydrogens is 132 g/mol. The van der Waals surface area contributed by atoms with Crippen LogP contribution in [-0.2, 0) is 0 Å². The van der Waals surface area contributed by atoms with Crippen LogP contribution >= 0.6 is 0 Å². The Morgan fingerprint density at radius 3 is 2.90 bits per heavy atom. The molecule has 10 heavy (non-hydrogen) atoms. The van der Waals surface area contributed by atoms with Gasteiger partial charge in [0.05, 0.1) is 12.7 Å². The minimum absolute atomic E-state index is 0.161. The van der Waals surface area contributed by atoms with Gasteiger partial charge in [0, 0.05) is 0 Å². The van der Waals surface area contributed by atoms with Gasteiger partial charge in [-0.3, -0.25) is 15.0 Å². The van der Waals surface area contributed by atoms with Gasteiger partial charge in [-0.2, -0.15) is 0 Å². The quantitative estimate of drug-likeness (QED) is 0.645. The van der Waals surface area contributed by atoms with Crippen molar-refractivity contribution in [2.75, 3.05) is 6.61 Å². The molecule has 0 spiro atoms. The van der Waals surface area contributed by atoms with Crippen molar-refractivity contribution in [3.8, 4) is 5.88 Å². The standard InChI is InChI=1S/C6H10N2O2/c1-2-3-10-6-4-5(9)7-8-6/h4H,2-3H2,1H3,(H2,7,8,9). The summed E-state index contributed by atoms with van der Waals surface area (Å²) < 4.78 is 5.09. The average molecular weight is 142 g/mol. The predicted molar refractivity (Wildman–Crippen MR) is 37.2 cm³/mol. The van der Waals surface area contributed by atoms with Crippen LogP contribution in [0.25, 0.3) is 0 Å². The molecule has 1 aromatic heterocycles. The molecule has 4 heteroatoms. The van der Waals surface area contributed by atoms with Crippen molar-refractivity contribution in [3.63, 3.8) is 0 Å². The lowest BCUT2D eigenvalue weighted by atomic mass is 10.5. The van der Waals surface area contributed by atoms with Crippen LogP contribution in [-0.4, -0.2) is 16.8 Å². The van der Waals surface area contributed by atoms with Gasteiger partial charge in [0.25, 0.3) is 5.56 Å². The fourth-order valence-corrected chi connectivity index (χ4v) is 0.604. The van der Waals surface area contributed by atoms with Gasteiger partial charge in [-0.1, -0.05) is 6.92 Å². The van der Waals surface area contributed by atoms with E-state index in [0.717, 1.165) is 6.42 Å². The van der Waals surface area contributed by atoms with E-state index in [1.807, 2.05) is 6.92 Å². The Labute approximate surface area is 58.2 Å². The normalized spacial score (nSPS) is 9.70. The van der Waals surface area contributed by atoms with Crippen molar-refractivity contribution < 1.29 is 4.74 Å². The number of hydrogen-bond donors (Lipinski definition) is 2. The first-order valence-corrected chi connectivity index (χ1v) is 3.23. The smallest absolute Gasteiger partial charge is 0.267 e. The first-order valence-electron chi connectivity index (χ1n) is 3.23. The van der Waals surface area contributed by atoms with Crippen LogP contribution in [0.15, 0.2) is 10.9 Å². The molecule has 0 unspecified atom stereocenters. The van der Waals surface area contributed by atoms with E-state index in [0.29, 0.717) is 12.5 Å². The average Bonchev–Trinajstić information content (AvgIpc) is 2.31. The maximum absolute atomic E-state index is 10.5. The van der Waals surface area contributed by atoms with Gasteiger partial charge >= 0.3 is 0 Å². The lowest BCUT2D eigenvalue weighted by molar-refractivity contribution is 0.305. The van der Waals surface area contributed by atoms with E-state index in [2.05, 4.69) is 10.2 Å². The first kappa shape index (κ1) is 6.92. The van der Waals surface area contributed by atoms with E-state index < -0.39 is 0 Å². The third kappa shape index (κ3) is 1.65. The van der Waals surface area contributed by atoms with Crippen molar-refractivity contribution >= 4 is 0 Å². The van der Waals surface area contributed by atoms with Crippen molar-refractivity contribution in [1.82, 2.24) is 10.2 Å². The van der Waals surface area contributed by atoms with E-state index >= 15 is 0 Å². The van der Waals surface area contributed by atoms with Crippen molar-refractivity contribution in [1.29, 1.82) is 0 Å². The summed E-state index contributed by atoms with van der Waals surface area (Å²) in [5.41, 5.74) is -0.161. The van der Waals surface area contributed by atoms with Gasteiger partial charge in [-0.05, 0) is 6.42 Å². The van der Waals surface area contributed by atoms with Crippen LogP contribution in [0.2, 0.25) is 0 Å². The number of H-pyrrole nitrogens is 2. The maximum atomic E-state index is 10.5. The Kier molecular flexibility index (Phi) is 2.15. The summed E-state index contributed by atoms with van der Waals surface area (Å²) in [6.45, 7) is 2.64. The number of hydrogen-bond acceptors (Lipinski definition) is 2. The second-order valence-electron chi connectivity index (χ2n) is 1.97. The zero-order valence-corrected chi connectivity index (χ0v) is 5.81. The first-order chi connectivity index (χ1) is 4.83. The van der Waals surface area contributed by atoms with E-state index in [1.165, 1.54) is 6.07 Å². The van der Waals surface area contributed by atoms with Gasteiger partial charge in [-0.25, -0.2) is 0 Å². The second kappa shape index (κ2) is 3.10. The number of aromatic nitrogens is 2. The number of nitrogens with one attached hydrogen (secondary N) is 2. The van der Waals surface area contributed by atoms with Crippen molar-refractivity contribution in [3.05, 3.63) is 16.4 Å². The topological polar surface area (TPSA) is 57.9 Å². The Bertz CT molecular complexity index is 238. The summed E-state index contributed by atoms with van der Waals surface area (Å²) in [4.78, 5) is 10.5. The van der Waals surface area contributed by atoms with Gasteiger partial charge in [0.1, 0.15) is 0 Å². The second-order valence-corrected chi connectivity index (χ2v) is 1.97. The molecule has 0 aliphatic heterocycles. The minimum Gasteiger partial charge on any atom is -0.478 e. The summed E-state index contributed by atoms with van der Waals surface area (Å²) >= 11 is 0. The zero-order valence-electron chi connectivity index (χ0n) is 5.81. The van der Waals surface area contributed by atoms with Crippen LogP contribution in [0.3, 0.4) is 0 Å². The molecule has 0 saturated carbocycles. The molecule has 0 aromatic carbocycles. The highest BCUT2D eigenvalue weighted by Crippen LogP contribution is 1.98. The van der Waals surface area contributed by atoms with E-state index in [9.17, 15) is 4.79 Å². The fraction of sp³-hybridized carbons (Fsp3) is 0.500. The van der Waals surface area contributed by atoms with Crippen LogP contribution < -0.4 is 10.3 Å². The molecule has 0 aliphatic carbocycles. The van der Waals surface area contributed by atoms with E-state index in [4.69, 9.17) is 4.74 Å². The SMILES string of the molecule is CCCOc1cc(=O)[nH][nH]1. The summed E-state index contributed by atoms with van der Waals surface area (Å²) in [6.07, 6.45) is 0.938. The molecule has 0 radical (unpaired) electrons. The highest BCUT2D eigenvalue weighted by atomic mass is 16.5. The highest BCUT2D eigenvalue weighted by Gasteiger charge is 1.93. The number of ether oxygens (including phenoxy) is 1. The predicted octanol–water partition coefficient (Wildman–Crippen LogP) is 0.492. The molecule has 0 fully saturated rings. The van der Waals surface area contributed by atoms with Crippen LogP contribution in [0, 0.1) is 0 Å². The molecule has 4 nitrogen and oxygen atoms in total. The largest absolute Gasteiger partial charge is 0.478 e. The van der Waals surface area contributed by atoms with E-state index in [-0.39, 0.29) is 5.56 Å².